The maximum Gasteiger partial charge on any atom is 0.321 e. The first kappa shape index (κ1) is 20.3. The third kappa shape index (κ3) is 4.70. The van der Waals surface area contributed by atoms with Crippen molar-refractivity contribution in [3.8, 4) is 6.07 Å². The summed E-state index contributed by atoms with van der Waals surface area (Å²) >= 11 is 0. The number of nitriles is 1. The van der Waals surface area contributed by atoms with Crippen LogP contribution < -0.4 is 15.5 Å². The number of amides is 3. The van der Waals surface area contributed by atoms with Crippen LogP contribution in [0.3, 0.4) is 0 Å². The van der Waals surface area contributed by atoms with E-state index in [9.17, 15) is 14.0 Å². The lowest BCUT2D eigenvalue weighted by atomic mass is 10.0. The van der Waals surface area contributed by atoms with Crippen molar-refractivity contribution >= 4 is 17.6 Å². The molecule has 1 atom stereocenters. The second kappa shape index (κ2) is 9.17. The zero-order valence-electron chi connectivity index (χ0n) is 16.1. The van der Waals surface area contributed by atoms with Crippen LogP contribution in [-0.2, 0) is 4.79 Å². The highest BCUT2D eigenvalue weighted by Crippen LogP contribution is 2.26. The molecule has 1 aliphatic heterocycles. The molecule has 8 heteroatoms. The van der Waals surface area contributed by atoms with E-state index in [1.165, 1.54) is 13.1 Å². The van der Waals surface area contributed by atoms with Gasteiger partial charge < -0.3 is 10.2 Å². The van der Waals surface area contributed by atoms with Crippen molar-refractivity contribution in [2.45, 2.75) is 6.04 Å². The van der Waals surface area contributed by atoms with Gasteiger partial charge in [-0.2, -0.15) is 5.26 Å². The van der Waals surface area contributed by atoms with Gasteiger partial charge in [0.05, 0.1) is 17.3 Å². The average molecular weight is 395 g/mol. The second-order valence-corrected chi connectivity index (χ2v) is 6.68. The molecule has 1 aliphatic rings. The summed E-state index contributed by atoms with van der Waals surface area (Å²) in [6, 6.07) is 14.4. The molecule has 2 aromatic rings. The Labute approximate surface area is 168 Å². The summed E-state index contributed by atoms with van der Waals surface area (Å²) in [5, 5.41) is 13.6. The zero-order chi connectivity index (χ0) is 20.8. The summed E-state index contributed by atoms with van der Waals surface area (Å²) in [7, 11) is 1.45. The van der Waals surface area contributed by atoms with Crippen LogP contribution in [-0.4, -0.2) is 50.1 Å². The van der Waals surface area contributed by atoms with Crippen molar-refractivity contribution in [3.63, 3.8) is 0 Å². The number of hydrogen-bond donors (Lipinski definition) is 2. The van der Waals surface area contributed by atoms with Gasteiger partial charge in [-0.1, -0.05) is 30.3 Å². The fourth-order valence-electron chi connectivity index (χ4n) is 3.46. The van der Waals surface area contributed by atoms with Crippen molar-refractivity contribution < 1.29 is 14.0 Å². The van der Waals surface area contributed by atoms with Crippen LogP contribution >= 0.6 is 0 Å². The lowest BCUT2D eigenvalue weighted by Crippen LogP contribution is -2.52. The normalized spacial score (nSPS) is 15.3. The predicted octanol–water partition coefficient (Wildman–Crippen LogP) is 2.02. The van der Waals surface area contributed by atoms with Gasteiger partial charge in [0.1, 0.15) is 11.9 Å². The molecule has 2 N–H and O–H groups in total. The molecular weight excluding hydrogens is 373 g/mol. The molecule has 3 amide bonds. The average Bonchev–Trinajstić information content (AvgIpc) is 2.75. The van der Waals surface area contributed by atoms with Crippen LogP contribution in [0.5, 0.6) is 0 Å². The molecule has 29 heavy (non-hydrogen) atoms. The highest BCUT2D eigenvalue weighted by Gasteiger charge is 2.31. The Hall–Kier alpha value is -3.44. The van der Waals surface area contributed by atoms with E-state index in [0.717, 1.165) is 5.56 Å². The minimum Gasteiger partial charge on any atom is -0.367 e. The van der Waals surface area contributed by atoms with E-state index in [1.54, 1.807) is 12.1 Å². The number of rotatable bonds is 4. The molecule has 0 spiro atoms. The number of carbonyl (C=O) groups is 2. The highest BCUT2D eigenvalue weighted by atomic mass is 19.1. The number of anilines is 1. The van der Waals surface area contributed by atoms with E-state index in [4.69, 9.17) is 5.26 Å². The number of nitrogens with one attached hydrogen (secondary N) is 2. The van der Waals surface area contributed by atoms with Gasteiger partial charge >= 0.3 is 6.03 Å². The van der Waals surface area contributed by atoms with Crippen molar-refractivity contribution in [1.82, 2.24) is 15.5 Å². The van der Waals surface area contributed by atoms with E-state index in [0.29, 0.717) is 31.9 Å². The lowest BCUT2D eigenvalue weighted by Gasteiger charge is -2.39. The summed E-state index contributed by atoms with van der Waals surface area (Å²) in [6.45, 7) is 2.05. The molecule has 0 bridgehead atoms. The highest BCUT2D eigenvalue weighted by molar-refractivity contribution is 5.97. The summed E-state index contributed by atoms with van der Waals surface area (Å²) in [5.74, 6) is -0.844. The maximum absolute atomic E-state index is 14.3. The Balaban J connectivity index is 1.75. The fourth-order valence-corrected chi connectivity index (χ4v) is 3.46. The van der Waals surface area contributed by atoms with Crippen molar-refractivity contribution in [3.05, 3.63) is 65.5 Å². The molecule has 1 unspecified atom stereocenters. The molecule has 0 aliphatic carbocycles. The zero-order valence-corrected chi connectivity index (χ0v) is 16.1. The van der Waals surface area contributed by atoms with Crippen LogP contribution in [0.1, 0.15) is 17.2 Å². The Morgan fingerprint density at radius 1 is 1.10 bits per heavy atom. The molecule has 1 heterocycles. The van der Waals surface area contributed by atoms with Crippen molar-refractivity contribution in [2.24, 2.45) is 0 Å². The first-order chi connectivity index (χ1) is 14.0. The van der Waals surface area contributed by atoms with E-state index in [-0.39, 0.29) is 5.56 Å². The maximum atomic E-state index is 14.3. The number of carbonyl (C=O) groups excluding carboxylic acids is 2. The SMILES string of the molecule is CNC(=O)NC(=O)C(c1ccccc1)N1CCN(c2ccc(C#N)cc2F)CC1. The minimum absolute atomic E-state index is 0.278. The minimum atomic E-state index is -0.624. The van der Waals surface area contributed by atoms with Gasteiger partial charge in [-0.3, -0.25) is 15.0 Å². The van der Waals surface area contributed by atoms with Crippen LogP contribution in [0.25, 0.3) is 0 Å². The van der Waals surface area contributed by atoms with Crippen molar-refractivity contribution in [2.75, 3.05) is 38.1 Å². The number of hydrogen-bond acceptors (Lipinski definition) is 5. The van der Waals surface area contributed by atoms with E-state index in [2.05, 4.69) is 10.6 Å². The Morgan fingerprint density at radius 3 is 2.38 bits per heavy atom. The first-order valence-electron chi connectivity index (χ1n) is 9.29. The Bertz CT molecular complexity index is 920. The molecule has 1 fully saturated rings. The molecular formula is C21H22FN5O2. The summed E-state index contributed by atoms with van der Waals surface area (Å²) in [5.41, 5.74) is 1.50. The number of halogens is 1. The smallest absolute Gasteiger partial charge is 0.321 e. The fraction of sp³-hybridized carbons (Fsp3) is 0.286. The molecule has 0 saturated carbocycles. The second-order valence-electron chi connectivity index (χ2n) is 6.68. The number of piperazine rings is 1. The van der Waals surface area contributed by atoms with E-state index in [1.807, 2.05) is 46.2 Å². The number of imide groups is 1. The summed E-state index contributed by atoms with van der Waals surface area (Å²) in [6.07, 6.45) is 0. The van der Waals surface area contributed by atoms with Gasteiger partial charge in [0, 0.05) is 33.2 Å². The number of urea groups is 1. The van der Waals surface area contributed by atoms with Crippen molar-refractivity contribution in [1.29, 1.82) is 5.26 Å². The molecule has 2 aromatic carbocycles. The Morgan fingerprint density at radius 2 is 1.79 bits per heavy atom. The van der Waals surface area contributed by atoms with Crippen LogP contribution in [0.2, 0.25) is 0 Å². The first-order valence-corrected chi connectivity index (χ1v) is 9.29. The molecule has 1 saturated heterocycles. The van der Waals surface area contributed by atoms with E-state index >= 15 is 0 Å². The monoisotopic (exact) mass is 395 g/mol. The third-order valence-electron chi connectivity index (χ3n) is 4.92. The Kier molecular flexibility index (Phi) is 6.42. The third-order valence-corrected chi connectivity index (χ3v) is 4.92. The quantitative estimate of drug-likeness (QED) is 0.827. The molecule has 0 aromatic heterocycles. The van der Waals surface area contributed by atoms with Gasteiger partial charge in [-0.25, -0.2) is 9.18 Å². The van der Waals surface area contributed by atoms with Gasteiger partial charge in [-0.05, 0) is 23.8 Å². The number of benzene rings is 2. The van der Waals surface area contributed by atoms with Crippen LogP contribution in [0, 0.1) is 17.1 Å². The molecule has 0 radical (unpaired) electrons. The number of nitrogens with zero attached hydrogens (tertiary/aromatic N) is 3. The standard InChI is InChI=1S/C21H22FN5O2/c1-24-21(29)25-20(28)19(16-5-3-2-4-6-16)27-11-9-26(10-12-27)18-8-7-15(14-23)13-17(18)22/h2-8,13,19H,9-12H2,1H3,(H2,24,25,28,29). The van der Waals surface area contributed by atoms with Crippen LogP contribution in [0.15, 0.2) is 48.5 Å². The van der Waals surface area contributed by atoms with E-state index < -0.39 is 23.8 Å². The van der Waals surface area contributed by atoms with Gasteiger partial charge in [0.2, 0.25) is 5.91 Å². The summed E-state index contributed by atoms with van der Waals surface area (Å²) in [4.78, 5) is 28.3. The largest absolute Gasteiger partial charge is 0.367 e. The van der Waals surface area contributed by atoms with Gasteiger partial charge in [0.25, 0.3) is 0 Å². The summed E-state index contributed by atoms with van der Waals surface area (Å²) < 4.78 is 14.3. The predicted molar refractivity (Wildman–Crippen MR) is 107 cm³/mol. The van der Waals surface area contributed by atoms with Crippen LogP contribution in [0.4, 0.5) is 14.9 Å². The lowest BCUT2D eigenvalue weighted by molar-refractivity contribution is -0.125. The molecule has 7 nitrogen and oxygen atoms in total. The molecule has 150 valence electrons. The topological polar surface area (TPSA) is 88.5 Å². The van der Waals surface area contributed by atoms with Gasteiger partial charge in [-0.15, -0.1) is 0 Å². The van der Waals surface area contributed by atoms with Gasteiger partial charge in [0.15, 0.2) is 0 Å². The molecule has 3 rings (SSSR count).